The smallest absolute Gasteiger partial charge is 0.170 e. The van der Waals surface area contributed by atoms with Gasteiger partial charge in [-0.25, -0.2) is 17.2 Å². The van der Waals surface area contributed by atoms with Gasteiger partial charge in [0.1, 0.15) is 0 Å². The summed E-state index contributed by atoms with van der Waals surface area (Å²) < 4.78 is 50.4. The Bertz CT molecular complexity index is 715. The number of halogens is 4. The lowest BCUT2D eigenvalue weighted by Gasteiger charge is -2.29. The molecule has 0 spiro atoms. The SMILES string of the molecule is CC(N)(CS(=O)(=O)C(C)(C)C#N)c1cc(Br)cc(F)c1F.Cl. The van der Waals surface area contributed by atoms with Crippen molar-refractivity contribution in [1.29, 1.82) is 5.26 Å². The lowest BCUT2D eigenvalue weighted by atomic mass is 9.95. The van der Waals surface area contributed by atoms with Crippen LogP contribution in [0.4, 0.5) is 8.78 Å². The average molecular weight is 418 g/mol. The van der Waals surface area contributed by atoms with E-state index in [-0.39, 0.29) is 22.4 Å². The molecule has 0 heterocycles. The summed E-state index contributed by atoms with van der Waals surface area (Å²) in [5.41, 5.74) is 3.95. The van der Waals surface area contributed by atoms with Gasteiger partial charge in [0.05, 0.1) is 17.4 Å². The van der Waals surface area contributed by atoms with Crippen LogP contribution in [-0.4, -0.2) is 18.9 Å². The van der Waals surface area contributed by atoms with Crippen LogP contribution in [0.2, 0.25) is 0 Å². The second-order valence-electron chi connectivity index (χ2n) is 5.55. The van der Waals surface area contributed by atoms with Crippen molar-refractivity contribution in [3.05, 3.63) is 33.8 Å². The van der Waals surface area contributed by atoms with Crippen LogP contribution in [0.3, 0.4) is 0 Å². The van der Waals surface area contributed by atoms with Crippen LogP contribution in [-0.2, 0) is 15.4 Å². The number of hydrogen-bond acceptors (Lipinski definition) is 4. The molecular weight excluding hydrogens is 402 g/mol. The highest BCUT2D eigenvalue weighted by Crippen LogP contribution is 2.30. The maximum absolute atomic E-state index is 13.9. The number of rotatable bonds is 4. The van der Waals surface area contributed by atoms with Gasteiger partial charge >= 0.3 is 0 Å². The number of benzene rings is 1. The maximum atomic E-state index is 13.9. The molecule has 1 aromatic carbocycles. The zero-order valence-corrected chi connectivity index (χ0v) is 15.4. The first-order chi connectivity index (χ1) is 9.34. The molecule has 0 saturated carbocycles. The van der Waals surface area contributed by atoms with Gasteiger partial charge in [0.2, 0.25) is 0 Å². The summed E-state index contributed by atoms with van der Waals surface area (Å²) in [4.78, 5) is 0. The van der Waals surface area contributed by atoms with E-state index in [1.165, 1.54) is 26.8 Å². The molecule has 0 aliphatic carbocycles. The lowest BCUT2D eigenvalue weighted by molar-refractivity contribution is 0.450. The van der Waals surface area contributed by atoms with Gasteiger partial charge in [0, 0.05) is 10.0 Å². The van der Waals surface area contributed by atoms with E-state index in [1.54, 1.807) is 6.07 Å². The van der Waals surface area contributed by atoms with E-state index < -0.39 is 37.5 Å². The molecule has 2 N–H and O–H groups in total. The van der Waals surface area contributed by atoms with Crippen LogP contribution in [0.25, 0.3) is 0 Å². The minimum Gasteiger partial charge on any atom is -0.321 e. The Morgan fingerprint density at radius 1 is 1.32 bits per heavy atom. The fourth-order valence-electron chi connectivity index (χ4n) is 1.69. The van der Waals surface area contributed by atoms with Crippen LogP contribution in [0.5, 0.6) is 0 Å². The van der Waals surface area contributed by atoms with Crippen molar-refractivity contribution in [3.8, 4) is 6.07 Å². The largest absolute Gasteiger partial charge is 0.321 e. The molecule has 124 valence electrons. The molecule has 0 aliphatic rings. The Kier molecular flexibility index (Phi) is 6.56. The molecule has 9 heteroatoms. The van der Waals surface area contributed by atoms with Crippen molar-refractivity contribution in [1.82, 2.24) is 0 Å². The lowest BCUT2D eigenvalue weighted by Crippen LogP contribution is -2.46. The first-order valence-electron chi connectivity index (χ1n) is 5.91. The number of nitrogens with zero attached hydrogens (tertiary/aromatic N) is 1. The van der Waals surface area contributed by atoms with Crippen molar-refractivity contribution < 1.29 is 17.2 Å². The highest BCUT2D eigenvalue weighted by molar-refractivity contribution is 9.10. The van der Waals surface area contributed by atoms with Crippen LogP contribution < -0.4 is 5.73 Å². The first-order valence-corrected chi connectivity index (χ1v) is 8.36. The molecule has 0 aromatic heterocycles. The number of sulfone groups is 1. The number of hydrogen-bond donors (Lipinski definition) is 1. The molecule has 1 atom stereocenters. The molecule has 1 aromatic rings. The normalized spacial score (nSPS) is 14.6. The predicted molar refractivity (Wildman–Crippen MR) is 86.3 cm³/mol. The van der Waals surface area contributed by atoms with Gasteiger partial charge < -0.3 is 5.73 Å². The van der Waals surface area contributed by atoms with Crippen LogP contribution in [0, 0.1) is 23.0 Å². The maximum Gasteiger partial charge on any atom is 0.170 e. The summed E-state index contributed by atoms with van der Waals surface area (Å²) in [6, 6.07) is 3.82. The van der Waals surface area contributed by atoms with Crippen LogP contribution >= 0.6 is 28.3 Å². The molecular formula is C13H16BrClF2N2O2S. The van der Waals surface area contributed by atoms with Crippen molar-refractivity contribution in [2.75, 3.05) is 5.75 Å². The van der Waals surface area contributed by atoms with Crippen LogP contribution in [0.1, 0.15) is 26.3 Å². The molecule has 0 amide bonds. The standard InChI is InChI=1S/C13H15BrF2N2O2S.ClH/c1-12(2,6-17)21(19,20)7-13(3,18)9-4-8(14)5-10(15)11(9)16;/h4-5H,7,18H2,1-3H3;1H. The average Bonchev–Trinajstić information content (AvgIpc) is 2.32. The minimum absolute atomic E-state index is 0. The first kappa shape index (κ1) is 21.2. The number of nitrogens with two attached hydrogens (primary N) is 1. The van der Waals surface area contributed by atoms with Crippen molar-refractivity contribution in [2.24, 2.45) is 5.73 Å². The highest BCUT2D eigenvalue weighted by atomic mass is 79.9. The van der Waals surface area contributed by atoms with E-state index in [0.29, 0.717) is 0 Å². The van der Waals surface area contributed by atoms with Gasteiger partial charge in [-0.1, -0.05) is 15.9 Å². The predicted octanol–water partition coefficient (Wildman–Crippen LogP) is 3.04. The topological polar surface area (TPSA) is 84.0 Å². The molecule has 0 fully saturated rings. The van der Waals surface area contributed by atoms with Gasteiger partial charge in [-0.15, -0.1) is 12.4 Å². The van der Waals surface area contributed by atoms with Crippen molar-refractivity contribution >= 4 is 38.2 Å². The fourth-order valence-corrected chi connectivity index (χ4v) is 3.57. The molecule has 0 bridgehead atoms. The van der Waals surface area contributed by atoms with E-state index in [4.69, 9.17) is 11.0 Å². The molecule has 22 heavy (non-hydrogen) atoms. The molecule has 1 rings (SSSR count). The third-order valence-electron chi connectivity index (χ3n) is 3.14. The molecule has 0 saturated heterocycles. The van der Waals surface area contributed by atoms with E-state index in [1.807, 2.05) is 0 Å². The molecule has 1 unspecified atom stereocenters. The Morgan fingerprint density at radius 3 is 2.27 bits per heavy atom. The van der Waals surface area contributed by atoms with Gasteiger partial charge in [0.25, 0.3) is 0 Å². The van der Waals surface area contributed by atoms with E-state index in [0.717, 1.165) is 6.07 Å². The number of nitriles is 1. The molecule has 0 aliphatic heterocycles. The Balaban J connectivity index is 0.00000441. The van der Waals surface area contributed by atoms with Gasteiger partial charge in [-0.2, -0.15) is 5.26 Å². The quantitative estimate of drug-likeness (QED) is 0.763. The summed E-state index contributed by atoms with van der Waals surface area (Å²) in [6.07, 6.45) is 0. The van der Waals surface area contributed by atoms with Crippen LogP contribution in [0.15, 0.2) is 16.6 Å². The Morgan fingerprint density at radius 2 is 1.82 bits per heavy atom. The summed E-state index contributed by atoms with van der Waals surface area (Å²) in [7, 11) is -3.95. The highest BCUT2D eigenvalue weighted by Gasteiger charge is 2.41. The Hall–Kier alpha value is -0.750. The van der Waals surface area contributed by atoms with Gasteiger partial charge in [-0.05, 0) is 32.9 Å². The molecule has 0 radical (unpaired) electrons. The van der Waals surface area contributed by atoms with E-state index >= 15 is 0 Å². The summed E-state index contributed by atoms with van der Waals surface area (Å²) >= 11 is 3.01. The van der Waals surface area contributed by atoms with Gasteiger partial charge in [-0.3, -0.25) is 0 Å². The molecule has 4 nitrogen and oxygen atoms in total. The zero-order chi connectivity index (χ0) is 16.6. The summed E-state index contributed by atoms with van der Waals surface area (Å²) in [6.45, 7) is 3.74. The van der Waals surface area contributed by atoms with E-state index in [9.17, 15) is 17.2 Å². The zero-order valence-electron chi connectivity index (χ0n) is 12.2. The van der Waals surface area contributed by atoms with Crippen molar-refractivity contribution in [3.63, 3.8) is 0 Å². The summed E-state index contributed by atoms with van der Waals surface area (Å²) in [5.74, 6) is -3.02. The van der Waals surface area contributed by atoms with E-state index in [2.05, 4.69) is 15.9 Å². The third-order valence-corrected chi connectivity index (χ3v) is 6.23. The second-order valence-corrected chi connectivity index (χ2v) is 9.00. The second kappa shape index (κ2) is 6.79. The van der Waals surface area contributed by atoms with Crippen molar-refractivity contribution in [2.45, 2.75) is 31.1 Å². The fraction of sp³-hybridized carbons (Fsp3) is 0.462. The third kappa shape index (κ3) is 4.16. The minimum atomic E-state index is -3.95. The monoisotopic (exact) mass is 416 g/mol. The van der Waals surface area contributed by atoms with Gasteiger partial charge in [0.15, 0.2) is 26.2 Å². The Labute approximate surface area is 143 Å². The summed E-state index contributed by atoms with van der Waals surface area (Å²) in [5, 5.41) is 8.93.